The van der Waals surface area contributed by atoms with Crippen molar-refractivity contribution < 1.29 is 14.6 Å². The predicted octanol–water partition coefficient (Wildman–Crippen LogP) is 3.19. The number of nitrogens with zero attached hydrogens (tertiary/aromatic N) is 3. The molecule has 1 fully saturated rings. The van der Waals surface area contributed by atoms with Gasteiger partial charge in [-0.05, 0) is 54.5 Å². The average molecular weight is 436 g/mol. The minimum atomic E-state index is -1.03. The van der Waals surface area contributed by atoms with Crippen LogP contribution in [0.25, 0.3) is 21.8 Å². The number of hydrogen-bond acceptors (Lipinski definition) is 6. The van der Waals surface area contributed by atoms with Crippen molar-refractivity contribution in [2.24, 2.45) is 5.41 Å². The van der Waals surface area contributed by atoms with Crippen LogP contribution in [0.1, 0.15) is 31.4 Å². The smallest absolute Gasteiger partial charge is 0.165 e. The fraction of sp³-hybridized carbons (Fsp3) is 0.333. The van der Waals surface area contributed by atoms with Gasteiger partial charge in [0.25, 0.3) is 0 Å². The SMILES string of the molecule is C[C@]1(CCc2ccc3ccc(N)nc3c2)C[C@@H](n2ccc3c(N)ncc(F)c32)[C@H](O)[C@@H]1O. The summed E-state index contributed by atoms with van der Waals surface area (Å²) in [6.45, 7) is 1.97. The van der Waals surface area contributed by atoms with E-state index in [1.54, 1.807) is 22.9 Å². The van der Waals surface area contributed by atoms with Gasteiger partial charge in [0.1, 0.15) is 17.7 Å². The number of aliphatic hydroxyl groups excluding tert-OH is 2. The van der Waals surface area contributed by atoms with Crippen molar-refractivity contribution in [3.05, 3.63) is 60.2 Å². The predicted molar refractivity (Wildman–Crippen MR) is 122 cm³/mol. The summed E-state index contributed by atoms with van der Waals surface area (Å²) in [5.74, 6) is 0.208. The number of anilines is 2. The highest BCUT2D eigenvalue weighted by Gasteiger charge is 2.50. The maximum absolute atomic E-state index is 14.6. The first-order valence-electron chi connectivity index (χ1n) is 10.7. The van der Waals surface area contributed by atoms with Crippen LogP contribution in [0.2, 0.25) is 0 Å². The van der Waals surface area contributed by atoms with E-state index in [0.29, 0.717) is 36.0 Å². The molecule has 1 aromatic carbocycles. The molecular formula is C24H26FN5O2. The van der Waals surface area contributed by atoms with Crippen LogP contribution in [0.5, 0.6) is 0 Å². The lowest BCUT2D eigenvalue weighted by atomic mass is 9.80. The van der Waals surface area contributed by atoms with Crippen LogP contribution >= 0.6 is 0 Å². The molecule has 0 bridgehead atoms. The number of pyridine rings is 2. The van der Waals surface area contributed by atoms with Gasteiger partial charge in [-0.25, -0.2) is 14.4 Å². The molecular weight excluding hydrogens is 409 g/mol. The van der Waals surface area contributed by atoms with Crippen molar-refractivity contribution in [1.29, 1.82) is 0 Å². The van der Waals surface area contributed by atoms with E-state index in [-0.39, 0.29) is 5.82 Å². The third kappa shape index (κ3) is 3.27. The summed E-state index contributed by atoms with van der Waals surface area (Å²) in [6.07, 6.45) is 2.68. The van der Waals surface area contributed by atoms with E-state index < -0.39 is 29.5 Å². The molecule has 6 N–H and O–H groups in total. The van der Waals surface area contributed by atoms with Crippen molar-refractivity contribution >= 4 is 33.4 Å². The molecule has 0 unspecified atom stereocenters. The van der Waals surface area contributed by atoms with Gasteiger partial charge in [0.05, 0.1) is 29.4 Å². The Morgan fingerprint density at radius 1 is 1.19 bits per heavy atom. The third-order valence-electron chi connectivity index (χ3n) is 6.96. The number of nitrogens with two attached hydrogens (primary N) is 2. The van der Waals surface area contributed by atoms with Gasteiger partial charge in [-0.2, -0.15) is 0 Å². The molecule has 166 valence electrons. The summed E-state index contributed by atoms with van der Waals surface area (Å²) >= 11 is 0. The second-order valence-electron chi connectivity index (χ2n) is 9.10. The molecule has 0 aliphatic heterocycles. The van der Waals surface area contributed by atoms with Crippen molar-refractivity contribution in [3.8, 4) is 0 Å². The zero-order chi connectivity index (χ0) is 22.6. The van der Waals surface area contributed by atoms with E-state index in [1.807, 2.05) is 31.2 Å². The summed E-state index contributed by atoms with van der Waals surface area (Å²) in [5, 5.41) is 23.4. The number of nitrogen functional groups attached to an aromatic ring is 2. The minimum absolute atomic E-state index is 0.237. The summed E-state index contributed by atoms with van der Waals surface area (Å²) < 4.78 is 16.2. The quantitative estimate of drug-likeness (QED) is 0.390. The number of benzene rings is 1. The van der Waals surface area contributed by atoms with Crippen LogP contribution in [0.3, 0.4) is 0 Å². The van der Waals surface area contributed by atoms with E-state index in [4.69, 9.17) is 11.5 Å². The van der Waals surface area contributed by atoms with Gasteiger partial charge in [0, 0.05) is 17.0 Å². The fourth-order valence-electron chi connectivity index (χ4n) is 5.06. The molecule has 7 nitrogen and oxygen atoms in total. The highest BCUT2D eigenvalue weighted by Crippen LogP contribution is 2.48. The lowest BCUT2D eigenvalue weighted by Crippen LogP contribution is -2.35. The Hall–Kier alpha value is -3.23. The molecule has 0 saturated heterocycles. The number of aliphatic hydroxyl groups is 2. The van der Waals surface area contributed by atoms with Crippen LogP contribution in [-0.2, 0) is 6.42 Å². The number of rotatable bonds is 4. The van der Waals surface area contributed by atoms with Gasteiger partial charge < -0.3 is 26.2 Å². The molecule has 5 rings (SSSR count). The van der Waals surface area contributed by atoms with Gasteiger partial charge in [0.15, 0.2) is 5.82 Å². The Morgan fingerprint density at radius 2 is 1.97 bits per heavy atom. The molecule has 4 aromatic rings. The Bertz CT molecular complexity index is 1320. The van der Waals surface area contributed by atoms with Crippen LogP contribution in [0.15, 0.2) is 48.8 Å². The first-order valence-corrected chi connectivity index (χ1v) is 10.7. The molecule has 3 heterocycles. The number of aryl methyl sites for hydroxylation is 1. The lowest BCUT2D eigenvalue weighted by molar-refractivity contribution is -0.0241. The molecule has 4 atom stereocenters. The normalized spacial score (nSPS) is 25.7. The maximum Gasteiger partial charge on any atom is 0.165 e. The largest absolute Gasteiger partial charge is 0.390 e. The van der Waals surface area contributed by atoms with Crippen molar-refractivity contribution in [2.75, 3.05) is 11.5 Å². The summed E-state index contributed by atoms with van der Waals surface area (Å²) in [6, 6.07) is 11.0. The second kappa shape index (κ2) is 7.43. The highest BCUT2D eigenvalue weighted by molar-refractivity contribution is 5.89. The zero-order valence-electron chi connectivity index (χ0n) is 17.7. The molecule has 8 heteroatoms. The van der Waals surface area contributed by atoms with Crippen molar-refractivity contribution in [3.63, 3.8) is 0 Å². The molecule has 0 amide bonds. The topological polar surface area (TPSA) is 123 Å². The number of halogens is 1. The third-order valence-corrected chi connectivity index (χ3v) is 6.96. The maximum atomic E-state index is 14.6. The van der Waals surface area contributed by atoms with E-state index in [9.17, 15) is 14.6 Å². The lowest BCUT2D eigenvalue weighted by Gasteiger charge is -2.28. The highest BCUT2D eigenvalue weighted by atomic mass is 19.1. The monoisotopic (exact) mass is 435 g/mol. The first-order chi connectivity index (χ1) is 15.3. The van der Waals surface area contributed by atoms with Crippen LogP contribution in [-0.4, -0.2) is 37.0 Å². The van der Waals surface area contributed by atoms with Crippen LogP contribution in [0, 0.1) is 11.2 Å². The molecule has 1 saturated carbocycles. The van der Waals surface area contributed by atoms with Crippen LogP contribution in [0.4, 0.5) is 16.0 Å². The van der Waals surface area contributed by atoms with Crippen LogP contribution < -0.4 is 11.5 Å². The van der Waals surface area contributed by atoms with Gasteiger partial charge in [0.2, 0.25) is 0 Å². The Labute approximate surface area is 184 Å². The van der Waals surface area contributed by atoms with Gasteiger partial charge in [-0.3, -0.25) is 0 Å². The summed E-state index contributed by atoms with van der Waals surface area (Å²) in [7, 11) is 0. The van der Waals surface area contributed by atoms with E-state index in [1.165, 1.54) is 0 Å². The zero-order valence-corrected chi connectivity index (χ0v) is 17.7. The van der Waals surface area contributed by atoms with Crippen molar-refractivity contribution in [1.82, 2.24) is 14.5 Å². The number of aromatic nitrogens is 3. The fourth-order valence-corrected chi connectivity index (χ4v) is 5.06. The number of hydrogen-bond donors (Lipinski definition) is 4. The van der Waals surface area contributed by atoms with Gasteiger partial charge in [-0.15, -0.1) is 0 Å². The molecule has 0 spiro atoms. The van der Waals surface area contributed by atoms with Crippen molar-refractivity contribution in [2.45, 2.75) is 44.4 Å². The summed E-state index contributed by atoms with van der Waals surface area (Å²) in [4.78, 5) is 8.25. The molecule has 3 aromatic heterocycles. The Balaban J connectivity index is 1.41. The molecule has 1 aliphatic carbocycles. The molecule has 1 aliphatic rings. The second-order valence-corrected chi connectivity index (χ2v) is 9.10. The molecule has 32 heavy (non-hydrogen) atoms. The Morgan fingerprint density at radius 3 is 2.78 bits per heavy atom. The minimum Gasteiger partial charge on any atom is -0.390 e. The Kier molecular flexibility index (Phi) is 4.79. The van der Waals surface area contributed by atoms with E-state index >= 15 is 0 Å². The standard InChI is InChI=1S/C24H26FN5O2/c1-24(8-6-13-2-3-14-4-5-19(26)29-17(14)10-13)11-18(21(31)22(24)32)30-9-7-15-20(30)16(25)12-28-23(15)27/h2-5,7,9-10,12,18,21-22,31-32H,6,8,11H2,1H3,(H2,26,29)(H2,27,28)/t18-,21+,22+,24+/m1/s1. The van der Waals surface area contributed by atoms with E-state index in [0.717, 1.165) is 22.7 Å². The number of fused-ring (bicyclic) bond motifs is 2. The average Bonchev–Trinajstić information content (AvgIpc) is 3.31. The molecule has 0 radical (unpaired) electrons. The van der Waals surface area contributed by atoms with Gasteiger partial charge >= 0.3 is 0 Å². The van der Waals surface area contributed by atoms with Gasteiger partial charge in [-0.1, -0.05) is 19.1 Å². The van der Waals surface area contributed by atoms with E-state index in [2.05, 4.69) is 9.97 Å². The first kappa shape index (κ1) is 20.7. The summed E-state index contributed by atoms with van der Waals surface area (Å²) in [5.41, 5.74) is 13.4.